The predicted molar refractivity (Wildman–Crippen MR) is 77.2 cm³/mol. The third kappa shape index (κ3) is 4.87. The zero-order valence-electron chi connectivity index (χ0n) is 10.0. The van der Waals surface area contributed by atoms with Crippen molar-refractivity contribution in [3.05, 3.63) is 23.2 Å². The maximum Gasteiger partial charge on any atom is 0.188 e. The monoisotopic (exact) mass is 337 g/mol. The van der Waals surface area contributed by atoms with Gasteiger partial charge in [0.25, 0.3) is 0 Å². The minimum Gasteiger partial charge on any atom is -0.466 e. The number of hydrogen-bond donors (Lipinski definition) is 2. The van der Waals surface area contributed by atoms with Gasteiger partial charge in [-0.2, -0.15) is 0 Å². The molecule has 0 atom stereocenters. The summed E-state index contributed by atoms with van der Waals surface area (Å²) >= 11 is 0. The van der Waals surface area contributed by atoms with Gasteiger partial charge in [0.05, 0.1) is 6.54 Å². The third-order valence-corrected chi connectivity index (χ3v) is 2.12. The summed E-state index contributed by atoms with van der Waals surface area (Å²) in [6.07, 6.45) is 1.04. The molecule has 4 nitrogen and oxygen atoms in total. The van der Waals surface area contributed by atoms with E-state index in [1.54, 1.807) is 0 Å². The van der Waals surface area contributed by atoms with Gasteiger partial charge < -0.3 is 15.5 Å². The van der Waals surface area contributed by atoms with E-state index in [0.29, 0.717) is 12.5 Å². The molecule has 0 aliphatic heterocycles. The van der Waals surface area contributed by atoms with Gasteiger partial charge in [0.15, 0.2) is 5.96 Å². The molecule has 92 valence electrons. The van der Waals surface area contributed by atoms with Crippen LogP contribution in [0.3, 0.4) is 0 Å². The van der Waals surface area contributed by atoms with E-state index in [4.69, 9.17) is 10.2 Å². The van der Waals surface area contributed by atoms with Crippen molar-refractivity contribution in [1.82, 2.24) is 5.32 Å². The highest BCUT2D eigenvalue weighted by Gasteiger charge is 2.03. The number of aryl methyl sites for hydroxylation is 2. The third-order valence-electron chi connectivity index (χ3n) is 2.12. The van der Waals surface area contributed by atoms with E-state index < -0.39 is 0 Å². The van der Waals surface area contributed by atoms with Gasteiger partial charge in [0.1, 0.15) is 11.5 Å². The second kappa shape index (κ2) is 7.54. The Morgan fingerprint density at radius 1 is 1.50 bits per heavy atom. The van der Waals surface area contributed by atoms with Gasteiger partial charge in [-0.05, 0) is 26.3 Å². The van der Waals surface area contributed by atoms with Gasteiger partial charge in [-0.1, -0.05) is 6.92 Å². The van der Waals surface area contributed by atoms with Crippen molar-refractivity contribution in [2.75, 3.05) is 6.54 Å². The highest BCUT2D eigenvalue weighted by molar-refractivity contribution is 14.0. The summed E-state index contributed by atoms with van der Waals surface area (Å²) in [7, 11) is 0. The van der Waals surface area contributed by atoms with Crippen LogP contribution in [0.25, 0.3) is 0 Å². The molecule has 0 bridgehead atoms. The number of halogens is 1. The molecule has 0 unspecified atom stereocenters. The zero-order valence-corrected chi connectivity index (χ0v) is 12.4. The number of furan rings is 1. The summed E-state index contributed by atoms with van der Waals surface area (Å²) in [6, 6.07) is 1.99. The number of nitrogens with two attached hydrogens (primary N) is 1. The maximum atomic E-state index is 5.67. The van der Waals surface area contributed by atoms with E-state index in [1.807, 2.05) is 19.9 Å². The number of aliphatic imine (C=N–C) groups is 1. The number of hydrogen-bond acceptors (Lipinski definition) is 2. The highest BCUT2D eigenvalue weighted by Crippen LogP contribution is 2.14. The van der Waals surface area contributed by atoms with Crippen LogP contribution in [0.15, 0.2) is 15.5 Å². The smallest absolute Gasteiger partial charge is 0.188 e. The Hall–Kier alpha value is -0.720. The van der Waals surface area contributed by atoms with E-state index in [2.05, 4.69) is 17.2 Å². The minimum atomic E-state index is 0. The SMILES string of the molecule is CCCNC(N)=NCc1cc(C)oc1C.I. The summed E-state index contributed by atoms with van der Waals surface area (Å²) in [6.45, 7) is 7.39. The first kappa shape index (κ1) is 15.3. The first-order valence-corrected chi connectivity index (χ1v) is 5.23. The van der Waals surface area contributed by atoms with Crippen LogP contribution in [0.5, 0.6) is 0 Å². The van der Waals surface area contributed by atoms with Gasteiger partial charge in [0.2, 0.25) is 0 Å². The fraction of sp³-hybridized carbons (Fsp3) is 0.545. The topological polar surface area (TPSA) is 63.5 Å². The number of rotatable bonds is 4. The molecule has 0 spiro atoms. The molecule has 5 heteroatoms. The van der Waals surface area contributed by atoms with E-state index >= 15 is 0 Å². The molecule has 0 aromatic carbocycles. The summed E-state index contributed by atoms with van der Waals surface area (Å²) in [4.78, 5) is 4.23. The molecule has 0 radical (unpaired) electrons. The minimum absolute atomic E-state index is 0. The summed E-state index contributed by atoms with van der Waals surface area (Å²) in [5.74, 6) is 2.33. The number of guanidine groups is 1. The summed E-state index contributed by atoms with van der Waals surface area (Å²) < 4.78 is 5.40. The van der Waals surface area contributed by atoms with Gasteiger partial charge in [0, 0.05) is 12.1 Å². The molecular weight excluding hydrogens is 317 g/mol. The Morgan fingerprint density at radius 3 is 2.69 bits per heavy atom. The lowest BCUT2D eigenvalue weighted by Crippen LogP contribution is -2.32. The highest BCUT2D eigenvalue weighted by atomic mass is 127. The van der Waals surface area contributed by atoms with Crippen LogP contribution in [0.1, 0.15) is 30.4 Å². The molecule has 1 aromatic rings. The van der Waals surface area contributed by atoms with Crippen LogP contribution < -0.4 is 11.1 Å². The van der Waals surface area contributed by atoms with Crippen molar-refractivity contribution in [1.29, 1.82) is 0 Å². The standard InChI is InChI=1S/C11H19N3O.HI/c1-4-5-13-11(12)14-7-10-6-8(2)15-9(10)3;/h6H,4-5,7H2,1-3H3,(H3,12,13,14);1H. The normalized spacial score (nSPS) is 11.1. The van der Waals surface area contributed by atoms with Gasteiger partial charge in [-0.3, -0.25) is 0 Å². The predicted octanol–water partition coefficient (Wildman–Crippen LogP) is 2.33. The molecule has 0 saturated heterocycles. The molecule has 0 fully saturated rings. The van der Waals surface area contributed by atoms with Crippen LogP contribution >= 0.6 is 24.0 Å². The van der Waals surface area contributed by atoms with Crippen LogP contribution in [0, 0.1) is 13.8 Å². The van der Waals surface area contributed by atoms with Gasteiger partial charge >= 0.3 is 0 Å². The van der Waals surface area contributed by atoms with E-state index in [-0.39, 0.29) is 24.0 Å². The maximum absolute atomic E-state index is 5.67. The quantitative estimate of drug-likeness (QED) is 0.504. The molecule has 0 saturated carbocycles. The molecular formula is C11H20IN3O. The van der Waals surface area contributed by atoms with Crippen molar-refractivity contribution >= 4 is 29.9 Å². The van der Waals surface area contributed by atoms with Gasteiger partial charge in [-0.25, -0.2) is 4.99 Å². The van der Waals surface area contributed by atoms with Gasteiger partial charge in [-0.15, -0.1) is 24.0 Å². The Morgan fingerprint density at radius 2 is 2.19 bits per heavy atom. The molecule has 1 heterocycles. The van der Waals surface area contributed by atoms with Crippen molar-refractivity contribution in [3.63, 3.8) is 0 Å². The Bertz CT molecular complexity index is 347. The number of nitrogens with one attached hydrogen (secondary N) is 1. The molecule has 0 aliphatic rings. The molecule has 1 aromatic heterocycles. The second-order valence-electron chi connectivity index (χ2n) is 3.57. The average molecular weight is 337 g/mol. The Kier molecular flexibility index (Phi) is 7.20. The summed E-state index contributed by atoms with van der Waals surface area (Å²) in [5.41, 5.74) is 6.76. The Labute approximate surface area is 114 Å². The van der Waals surface area contributed by atoms with Crippen molar-refractivity contribution in [3.8, 4) is 0 Å². The van der Waals surface area contributed by atoms with Crippen molar-refractivity contribution in [2.24, 2.45) is 10.7 Å². The Balaban J connectivity index is 0.00000225. The molecule has 0 amide bonds. The van der Waals surface area contributed by atoms with Crippen LogP contribution in [0.4, 0.5) is 0 Å². The first-order chi connectivity index (χ1) is 7.13. The number of nitrogens with zero attached hydrogens (tertiary/aromatic N) is 1. The second-order valence-corrected chi connectivity index (χ2v) is 3.57. The van der Waals surface area contributed by atoms with Crippen molar-refractivity contribution < 1.29 is 4.42 Å². The van der Waals surface area contributed by atoms with Crippen LogP contribution in [-0.2, 0) is 6.54 Å². The lowest BCUT2D eigenvalue weighted by molar-refractivity contribution is 0.501. The molecule has 3 N–H and O–H groups in total. The molecule has 16 heavy (non-hydrogen) atoms. The van der Waals surface area contributed by atoms with Crippen LogP contribution in [-0.4, -0.2) is 12.5 Å². The van der Waals surface area contributed by atoms with E-state index in [0.717, 1.165) is 30.0 Å². The van der Waals surface area contributed by atoms with E-state index in [9.17, 15) is 0 Å². The molecule has 0 aliphatic carbocycles. The van der Waals surface area contributed by atoms with Crippen molar-refractivity contribution in [2.45, 2.75) is 33.7 Å². The lowest BCUT2D eigenvalue weighted by Gasteiger charge is -2.02. The average Bonchev–Trinajstić information content (AvgIpc) is 2.51. The molecule has 1 rings (SSSR count). The zero-order chi connectivity index (χ0) is 11.3. The lowest BCUT2D eigenvalue weighted by atomic mass is 10.2. The van der Waals surface area contributed by atoms with E-state index in [1.165, 1.54) is 0 Å². The van der Waals surface area contributed by atoms with Crippen LogP contribution in [0.2, 0.25) is 0 Å². The summed E-state index contributed by atoms with van der Waals surface area (Å²) in [5, 5.41) is 3.03. The fourth-order valence-corrected chi connectivity index (χ4v) is 1.32. The first-order valence-electron chi connectivity index (χ1n) is 5.23. The fourth-order valence-electron chi connectivity index (χ4n) is 1.32. The largest absolute Gasteiger partial charge is 0.466 e.